The predicted molar refractivity (Wildman–Crippen MR) is 108 cm³/mol. The monoisotopic (exact) mass is 371 g/mol. The first-order chi connectivity index (χ1) is 12.6. The number of hydrogen-bond acceptors (Lipinski definition) is 3. The molecule has 2 aromatic carbocycles. The number of aryl methyl sites for hydroxylation is 1. The zero-order chi connectivity index (χ0) is 18.8. The first kappa shape index (κ1) is 19.7. The fourth-order valence-corrected chi connectivity index (χ4v) is 2.48. The molecule has 1 amide bonds. The van der Waals surface area contributed by atoms with E-state index in [0.29, 0.717) is 17.2 Å². The summed E-state index contributed by atoms with van der Waals surface area (Å²) in [6, 6.07) is 15.3. The Morgan fingerprint density at radius 1 is 1.00 bits per heavy atom. The molecule has 0 fully saturated rings. The number of hydrazine groups is 1. The molecular formula is C20H25N3O2S. The quantitative estimate of drug-likeness (QED) is 0.515. The number of methoxy groups -OCH3 is 1. The standard InChI is InChI=1S/C20H25N3O2S/c1-3-4-5-15-6-10-17(11-7-15)19(24)22-23-20(26)21-14-16-8-12-18(25-2)13-9-16/h6-13H,3-5,14H2,1-2H3,(H,22,24)(H2,21,23,26). The Morgan fingerprint density at radius 2 is 1.65 bits per heavy atom. The average Bonchev–Trinajstić information content (AvgIpc) is 2.69. The number of unbranched alkanes of at least 4 members (excludes halogenated alkanes) is 1. The van der Waals surface area contributed by atoms with Crippen molar-refractivity contribution in [1.82, 2.24) is 16.2 Å². The number of amides is 1. The summed E-state index contributed by atoms with van der Waals surface area (Å²) >= 11 is 5.18. The highest BCUT2D eigenvalue weighted by Crippen LogP contribution is 2.11. The van der Waals surface area contributed by atoms with Crippen LogP contribution in [0.25, 0.3) is 0 Å². The highest BCUT2D eigenvalue weighted by molar-refractivity contribution is 7.80. The van der Waals surface area contributed by atoms with Gasteiger partial charge in [-0.25, -0.2) is 0 Å². The first-order valence-corrected chi connectivity index (χ1v) is 9.09. The molecule has 138 valence electrons. The van der Waals surface area contributed by atoms with Gasteiger partial charge in [0.05, 0.1) is 7.11 Å². The lowest BCUT2D eigenvalue weighted by atomic mass is 10.1. The second-order valence-electron chi connectivity index (χ2n) is 5.91. The number of carbonyl (C=O) groups is 1. The van der Waals surface area contributed by atoms with E-state index in [1.165, 1.54) is 5.56 Å². The summed E-state index contributed by atoms with van der Waals surface area (Å²) < 4.78 is 5.12. The van der Waals surface area contributed by atoms with Gasteiger partial charge < -0.3 is 10.1 Å². The van der Waals surface area contributed by atoms with Gasteiger partial charge in [-0.2, -0.15) is 0 Å². The largest absolute Gasteiger partial charge is 0.497 e. The lowest BCUT2D eigenvalue weighted by Gasteiger charge is -2.12. The minimum absolute atomic E-state index is 0.222. The number of ether oxygens (including phenoxy) is 1. The highest BCUT2D eigenvalue weighted by atomic mass is 32.1. The van der Waals surface area contributed by atoms with Gasteiger partial charge in [-0.3, -0.25) is 15.6 Å². The van der Waals surface area contributed by atoms with E-state index in [0.717, 1.165) is 30.6 Å². The van der Waals surface area contributed by atoms with E-state index in [1.54, 1.807) is 7.11 Å². The van der Waals surface area contributed by atoms with Crippen molar-refractivity contribution in [2.24, 2.45) is 0 Å². The summed E-state index contributed by atoms with van der Waals surface area (Å²) in [5, 5.41) is 3.40. The molecule has 0 aromatic heterocycles. The van der Waals surface area contributed by atoms with E-state index in [1.807, 2.05) is 48.5 Å². The molecule has 0 heterocycles. The normalized spacial score (nSPS) is 10.1. The lowest BCUT2D eigenvalue weighted by molar-refractivity contribution is 0.0943. The first-order valence-electron chi connectivity index (χ1n) is 8.68. The zero-order valence-corrected chi connectivity index (χ0v) is 16.0. The van der Waals surface area contributed by atoms with Crippen LogP contribution in [-0.4, -0.2) is 18.1 Å². The summed E-state index contributed by atoms with van der Waals surface area (Å²) in [6.45, 7) is 2.72. The van der Waals surface area contributed by atoms with Gasteiger partial charge in [-0.15, -0.1) is 0 Å². The van der Waals surface area contributed by atoms with Gasteiger partial charge in [-0.05, 0) is 60.5 Å². The topological polar surface area (TPSA) is 62.4 Å². The van der Waals surface area contributed by atoms with E-state index >= 15 is 0 Å². The molecule has 3 N–H and O–H groups in total. The van der Waals surface area contributed by atoms with Gasteiger partial charge in [-0.1, -0.05) is 37.6 Å². The fraction of sp³-hybridized carbons (Fsp3) is 0.300. The van der Waals surface area contributed by atoms with Crippen LogP contribution in [0.1, 0.15) is 41.3 Å². The van der Waals surface area contributed by atoms with Gasteiger partial charge in [0.15, 0.2) is 5.11 Å². The molecule has 6 heteroatoms. The van der Waals surface area contributed by atoms with Crippen molar-refractivity contribution >= 4 is 23.2 Å². The van der Waals surface area contributed by atoms with Crippen molar-refractivity contribution in [2.45, 2.75) is 32.7 Å². The number of thiocarbonyl (C=S) groups is 1. The molecule has 0 radical (unpaired) electrons. The molecule has 0 unspecified atom stereocenters. The number of hydrogen-bond donors (Lipinski definition) is 3. The molecule has 0 saturated carbocycles. The van der Waals surface area contributed by atoms with Gasteiger partial charge in [0.25, 0.3) is 5.91 Å². The Labute approximate surface area is 160 Å². The number of nitrogens with one attached hydrogen (secondary N) is 3. The molecule has 0 spiro atoms. The van der Waals surface area contributed by atoms with E-state index in [4.69, 9.17) is 17.0 Å². The molecule has 0 saturated heterocycles. The number of rotatable bonds is 7. The van der Waals surface area contributed by atoms with E-state index in [2.05, 4.69) is 23.1 Å². The van der Waals surface area contributed by atoms with Crippen molar-refractivity contribution in [3.8, 4) is 5.75 Å². The van der Waals surface area contributed by atoms with Crippen LogP contribution in [0.5, 0.6) is 5.75 Å². The Bertz CT molecular complexity index is 715. The van der Waals surface area contributed by atoms with Crippen LogP contribution >= 0.6 is 12.2 Å². The van der Waals surface area contributed by atoms with Crippen molar-refractivity contribution in [2.75, 3.05) is 7.11 Å². The van der Waals surface area contributed by atoms with Crippen molar-refractivity contribution in [3.63, 3.8) is 0 Å². The van der Waals surface area contributed by atoms with Crippen LogP contribution in [-0.2, 0) is 13.0 Å². The van der Waals surface area contributed by atoms with Crippen molar-refractivity contribution in [3.05, 3.63) is 65.2 Å². The molecule has 0 aliphatic carbocycles. The van der Waals surface area contributed by atoms with Crippen LogP contribution in [0.2, 0.25) is 0 Å². The van der Waals surface area contributed by atoms with Gasteiger partial charge >= 0.3 is 0 Å². The molecule has 5 nitrogen and oxygen atoms in total. The van der Waals surface area contributed by atoms with E-state index in [9.17, 15) is 4.79 Å². The summed E-state index contributed by atoms with van der Waals surface area (Å²) in [7, 11) is 1.63. The number of benzene rings is 2. The third kappa shape index (κ3) is 6.37. The third-order valence-electron chi connectivity index (χ3n) is 3.94. The maximum absolute atomic E-state index is 12.1. The molecule has 0 aliphatic rings. The molecule has 0 aliphatic heterocycles. The number of carbonyl (C=O) groups excluding carboxylic acids is 1. The lowest BCUT2D eigenvalue weighted by Crippen LogP contribution is -2.46. The SMILES string of the molecule is CCCCc1ccc(C(=O)NNC(=S)NCc2ccc(OC)cc2)cc1. The molecule has 2 aromatic rings. The maximum atomic E-state index is 12.1. The van der Waals surface area contributed by atoms with Crippen LogP contribution in [0.15, 0.2) is 48.5 Å². The average molecular weight is 372 g/mol. The Kier molecular flexibility index (Phi) is 7.89. The smallest absolute Gasteiger partial charge is 0.269 e. The van der Waals surface area contributed by atoms with Crippen LogP contribution < -0.4 is 20.9 Å². The molecule has 0 bridgehead atoms. The molecular weight excluding hydrogens is 346 g/mol. The zero-order valence-electron chi connectivity index (χ0n) is 15.2. The predicted octanol–water partition coefficient (Wildman–Crippen LogP) is 3.35. The minimum atomic E-state index is -0.222. The van der Waals surface area contributed by atoms with Crippen molar-refractivity contribution in [1.29, 1.82) is 0 Å². The Hall–Kier alpha value is -2.60. The maximum Gasteiger partial charge on any atom is 0.269 e. The van der Waals surface area contributed by atoms with Gasteiger partial charge in [0, 0.05) is 12.1 Å². The highest BCUT2D eigenvalue weighted by Gasteiger charge is 2.06. The van der Waals surface area contributed by atoms with Gasteiger partial charge in [0.1, 0.15) is 5.75 Å². The molecule has 2 rings (SSSR count). The Balaban J connectivity index is 1.74. The molecule has 26 heavy (non-hydrogen) atoms. The minimum Gasteiger partial charge on any atom is -0.497 e. The van der Waals surface area contributed by atoms with E-state index < -0.39 is 0 Å². The second-order valence-corrected chi connectivity index (χ2v) is 6.32. The van der Waals surface area contributed by atoms with Gasteiger partial charge in [0.2, 0.25) is 0 Å². The van der Waals surface area contributed by atoms with Crippen molar-refractivity contribution < 1.29 is 9.53 Å². The third-order valence-corrected chi connectivity index (χ3v) is 4.18. The van der Waals surface area contributed by atoms with Crippen LogP contribution in [0.4, 0.5) is 0 Å². The summed E-state index contributed by atoms with van der Waals surface area (Å²) in [4.78, 5) is 12.1. The van der Waals surface area contributed by atoms with E-state index in [-0.39, 0.29) is 5.91 Å². The Morgan fingerprint density at radius 3 is 2.27 bits per heavy atom. The van der Waals surface area contributed by atoms with Crippen LogP contribution in [0.3, 0.4) is 0 Å². The summed E-state index contributed by atoms with van der Waals surface area (Å²) in [6.07, 6.45) is 3.35. The molecule has 0 atom stereocenters. The van der Waals surface area contributed by atoms with Crippen LogP contribution in [0, 0.1) is 0 Å². The second kappa shape index (κ2) is 10.4. The summed E-state index contributed by atoms with van der Waals surface area (Å²) in [5.74, 6) is 0.586. The fourth-order valence-electron chi connectivity index (χ4n) is 2.36. The summed E-state index contributed by atoms with van der Waals surface area (Å²) in [5.41, 5.74) is 8.22.